The summed E-state index contributed by atoms with van der Waals surface area (Å²) < 4.78 is 5.47. The van der Waals surface area contributed by atoms with Gasteiger partial charge in [-0.2, -0.15) is 0 Å². The van der Waals surface area contributed by atoms with Crippen molar-refractivity contribution in [3.05, 3.63) is 36.1 Å². The van der Waals surface area contributed by atoms with Gasteiger partial charge in [0.25, 0.3) is 0 Å². The summed E-state index contributed by atoms with van der Waals surface area (Å²) in [5, 5.41) is 7.31. The van der Waals surface area contributed by atoms with Gasteiger partial charge in [0.15, 0.2) is 0 Å². The molecule has 1 amide bonds. The van der Waals surface area contributed by atoms with E-state index in [1.807, 2.05) is 32.0 Å². The van der Waals surface area contributed by atoms with Gasteiger partial charge in [0.1, 0.15) is 5.58 Å². The molecule has 2 aromatic rings. The van der Waals surface area contributed by atoms with Crippen LogP contribution in [0.5, 0.6) is 0 Å². The Morgan fingerprint density at radius 1 is 1.26 bits per heavy atom. The van der Waals surface area contributed by atoms with Crippen LogP contribution in [0.25, 0.3) is 11.0 Å². The van der Waals surface area contributed by atoms with E-state index in [2.05, 4.69) is 16.7 Å². The summed E-state index contributed by atoms with van der Waals surface area (Å²) in [4.78, 5) is 11.4. The van der Waals surface area contributed by atoms with Gasteiger partial charge in [-0.25, -0.2) is 0 Å². The molecule has 1 heterocycles. The molecule has 0 saturated carbocycles. The van der Waals surface area contributed by atoms with Gasteiger partial charge in [0.05, 0.1) is 6.26 Å². The first-order valence-electron chi connectivity index (χ1n) is 6.62. The third-order valence-corrected chi connectivity index (χ3v) is 3.00. The zero-order chi connectivity index (χ0) is 13.7. The Balaban J connectivity index is 1.76. The fraction of sp³-hybridized carbons (Fsp3) is 0.400. The summed E-state index contributed by atoms with van der Waals surface area (Å²) in [6.07, 6.45) is 1.78. The smallest absolute Gasteiger partial charge is 0.222 e. The number of nitrogens with one attached hydrogen (secondary N) is 2. The number of hydrogen-bond donors (Lipinski definition) is 2. The SMILES string of the molecule is CC(C)C(=O)NCCNCc1coc2ccccc12. The van der Waals surface area contributed by atoms with Gasteiger partial charge >= 0.3 is 0 Å². The molecule has 2 rings (SSSR count). The Bertz CT molecular complexity index is 546. The van der Waals surface area contributed by atoms with Crippen LogP contribution in [0.4, 0.5) is 0 Å². The summed E-state index contributed by atoms with van der Waals surface area (Å²) in [7, 11) is 0. The Kier molecular flexibility index (Phi) is 4.58. The van der Waals surface area contributed by atoms with Gasteiger partial charge in [-0.15, -0.1) is 0 Å². The lowest BCUT2D eigenvalue weighted by molar-refractivity contribution is -0.123. The lowest BCUT2D eigenvalue weighted by Crippen LogP contribution is -2.34. The van der Waals surface area contributed by atoms with E-state index in [0.29, 0.717) is 6.54 Å². The highest BCUT2D eigenvalue weighted by molar-refractivity contribution is 5.80. The van der Waals surface area contributed by atoms with E-state index in [1.165, 1.54) is 0 Å². The molecule has 102 valence electrons. The molecule has 1 aromatic carbocycles. The molecule has 0 aliphatic heterocycles. The molecular weight excluding hydrogens is 240 g/mol. The van der Waals surface area contributed by atoms with Crippen molar-refractivity contribution in [3.63, 3.8) is 0 Å². The van der Waals surface area contributed by atoms with Crippen LogP contribution < -0.4 is 10.6 Å². The van der Waals surface area contributed by atoms with Crippen molar-refractivity contribution in [2.45, 2.75) is 20.4 Å². The van der Waals surface area contributed by atoms with E-state index in [-0.39, 0.29) is 11.8 Å². The standard InChI is InChI=1S/C15H20N2O2/c1-11(2)15(18)17-8-7-16-9-12-10-19-14-6-4-3-5-13(12)14/h3-6,10-11,16H,7-9H2,1-2H3,(H,17,18). The van der Waals surface area contributed by atoms with E-state index in [4.69, 9.17) is 4.42 Å². The molecule has 19 heavy (non-hydrogen) atoms. The number of fused-ring (bicyclic) bond motifs is 1. The number of para-hydroxylation sites is 1. The number of rotatable bonds is 6. The molecule has 0 spiro atoms. The Morgan fingerprint density at radius 2 is 2.05 bits per heavy atom. The van der Waals surface area contributed by atoms with Gasteiger partial charge in [0, 0.05) is 36.5 Å². The summed E-state index contributed by atoms with van der Waals surface area (Å²) in [6, 6.07) is 7.98. The largest absolute Gasteiger partial charge is 0.464 e. The second-order valence-corrected chi connectivity index (χ2v) is 4.88. The van der Waals surface area contributed by atoms with E-state index in [0.717, 1.165) is 29.6 Å². The van der Waals surface area contributed by atoms with Crippen molar-refractivity contribution in [2.75, 3.05) is 13.1 Å². The monoisotopic (exact) mass is 260 g/mol. The molecule has 4 heteroatoms. The summed E-state index contributed by atoms with van der Waals surface area (Å²) in [5.41, 5.74) is 2.05. The van der Waals surface area contributed by atoms with E-state index in [1.54, 1.807) is 6.26 Å². The molecule has 0 aliphatic carbocycles. The van der Waals surface area contributed by atoms with Gasteiger partial charge in [0.2, 0.25) is 5.91 Å². The lowest BCUT2D eigenvalue weighted by atomic mass is 10.2. The minimum absolute atomic E-state index is 0.0396. The van der Waals surface area contributed by atoms with Crippen molar-refractivity contribution in [1.29, 1.82) is 0 Å². The fourth-order valence-electron chi connectivity index (χ4n) is 1.87. The predicted molar refractivity (Wildman–Crippen MR) is 75.8 cm³/mol. The summed E-state index contributed by atoms with van der Waals surface area (Å²) >= 11 is 0. The van der Waals surface area contributed by atoms with Gasteiger partial charge < -0.3 is 15.1 Å². The second-order valence-electron chi connectivity index (χ2n) is 4.88. The third kappa shape index (κ3) is 3.58. The highest BCUT2D eigenvalue weighted by Crippen LogP contribution is 2.20. The van der Waals surface area contributed by atoms with Crippen LogP contribution in [-0.2, 0) is 11.3 Å². The van der Waals surface area contributed by atoms with Gasteiger partial charge in [-0.1, -0.05) is 32.0 Å². The molecule has 4 nitrogen and oxygen atoms in total. The molecule has 0 aliphatic rings. The summed E-state index contributed by atoms with van der Waals surface area (Å²) in [5.74, 6) is 0.133. The van der Waals surface area contributed by atoms with Crippen LogP contribution in [-0.4, -0.2) is 19.0 Å². The zero-order valence-corrected chi connectivity index (χ0v) is 11.4. The fourth-order valence-corrected chi connectivity index (χ4v) is 1.87. The maximum absolute atomic E-state index is 11.4. The highest BCUT2D eigenvalue weighted by atomic mass is 16.3. The van der Waals surface area contributed by atoms with Crippen LogP contribution >= 0.6 is 0 Å². The molecule has 1 aromatic heterocycles. The van der Waals surface area contributed by atoms with Crippen molar-refractivity contribution in [3.8, 4) is 0 Å². The van der Waals surface area contributed by atoms with Gasteiger partial charge in [-0.3, -0.25) is 4.79 Å². The molecule has 0 unspecified atom stereocenters. The first-order chi connectivity index (χ1) is 9.18. The third-order valence-electron chi connectivity index (χ3n) is 3.00. The summed E-state index contributed by atoms with van der Waals surface area (Å²) in [6.45, 7) is 5.92. The Labute approximate surface area is 113 Å². The first-order valence-corrected chi connectivity index (χ1v) is 6.62. The number of benzene rings is 1. The quantitative estimate of drug-likeness (QED) is 0.784. The van der Waals surface area contributed by atoms with Crippen LogP contribution in [0.3, 0.4) is 0 Å². The van der Waals surface area contributed by atoms with Crippen molar-refractivity contribution in [1.82, 2.24) is 10.6 Å². The normalized spacial score (nSPS) is 11.1. The Morgan fingerprint density at radius 3 is 2.84 bits per heavy atom. The molecule has 0 saturated heterocycles. The lowest BCUT2D eigenvalue weighted by Gasteiger charge is -2.08. The van der Waals surface area contributed by atoms with Crippen LogP contribution in [0.1, 0.15) is 19.4 Å². The van der Waals surface area contributed by atoms with Crippen LogP contribution in [0.2, 0.25) is 0 Å². The average molecular weight is 260 g/mol. The molecule has 0 atom stereocenters. The van der Waals surface area contributed by atoms with E-state index < -0.39 is 0 Å². The molecule has 0 fully saturated rings. The number of amides is 1. The van der Waals surface area contributed by atoms with E-state index in [9.17, 15) is 4.79 Å². The number of furan rings is 1. The first kappa shape index (κ1) is 13.6. The zero-order valence-electron chi connectivity index (χ0n) is 11.4. The highest BCUT2D eigenvalue weighted by Gasteiger charge is 2.06. The second kappa shape index (κ2) is 6.38. The molecule has 0 bridgehead atoms. The minimum Gasteiger partial charge on any atom is -0.464 e. The minimum atomic E-state index is 0.0396. The molecular formula is C15H20N2O2. The van der Waals surface area contributed by atoms with Crippen LogP contribution in [0, 0.1) is 5.92 Å². The number of carbonyl (C=O) groups is 1. The van der Waals surface area contributed by atoms with Crippen molar-refractivity contribution < 1.29 is 9.21 Å². The molecule has 0 radical (unpaired) electrons. The van der Waals surface area contributed by atoms with Crippen molar-refractivity contribution >= 4 is 16.9 Å². The predicted octanol–water partition coefficient (Wildman–Crippen LogP) is 2.29. The molecule has 2 N–H and O–H groups in total. The average Bonchev–Trinajstić information content (AvgIpc) is 2.81. The van der Waals surface area contributed by atoms with Gasteiger partial charge in [-0.05, 0) is 6.07 Å². The maximum Gasteiger partial charge on any atom is 0.222 e. The topological polar surface area (TPSA) is 54.3 Å². The van der Waals surface area contributed by atoms with Crippen molar-refractivity contribution in [2.24, 2.45) is 5.92 Å². The number of hydrogen-bond acceptors (Lipinski definition) is 3. The van der Waals surface area contributed by atoms with Crippen LogP contribution in [0.15, 0.2) is 34.9 Å². The van der Waals surface area contributed by atoms with E-state index >= 15 is 0 Å². The maximum atomic E-state index is 11.4. The Hall–Kier alpha value is -1.81. The number of carbonyl (C=O) groups excluding carboxylic acids is 1.